The first-order valence-electron chi connectivity index (χ1n) is 2.49. The summed E-state index contributed by atoms with van der Waals surface area (Å²) in [6.07, 6.45) is 0. The van der Waals surface area contributed by atoms with Crippen molar-refractivity contribution < 1.29 is 0 Å². The van der Waals surface area contributed by atoms with Crippen LogP contribution in [0.5, 0.6) is 0 Å². The normalized spacial score (nSPS) is 13.6. The number of nitrogens with zero attached hydrogens (tertiary/aromatic N) is 1. The molecule has 50 valence electrons. The summed E-state index contributed by atoms with van der Waals surface area (Å²) in [4.78, 5) is 12.8. The van der Waals surface area contributed by atoms with Crippen LogP contribution < -0.4 is 5.69 Å². The van der Waals surface area contributed by atoms with Crippen molar-refractivity contribution in [3.05, 3.63) is 16.3 Å². The Kier molecular flexibility index (Phi) is 1.57. The van der Waals surface area contributed by atoms with Crippen LogP contribution in [0, 0.1) is 0 Å². The highest BCUT2D eigenvalue weighted by molar-refractivity contribution is 6.20. The lowest BCUT2D eigenvalue weighted by Gasteiger charge is -1.90. The van der Waals surface area contributed by atoms with E-state index in [0.717, 1.165) is 0 Å². The second kappa shape index (κ2) is 2.23. The van der Waals surface area contributed by atoms with Crippen LogP contribution in [0.1, 0.15) is 18.1 Å². The molecule has 0 aliphatic heterocycles. The maximum atomic E-state index is 10.4. The zero-order valence-electron chi connectivity index (χ0n) is 4.81. The summed E-state index contributed by atoms with van der Waals surface area (Å²) in [5, 5.41) is 5.55. The SMILES string of the molecule is CC(Cl)c1n[nH]c(=O)[nH]1. The predicted molar refractivity (Wildman–Crippen MR) is 33.5 cm³/mol. The van der Waals surface area contributed by atoms with Gasteiger partial charge in [0, 0.05) is 0 Å². The van der Waals surface area contributed by atoms with Gasteiger partial charge in [0.15, 0.2) is 0 Å². The minimum atomic E-state index is -0.322. The third kappa shape index (κ3) is 1.32. The topological polar surface area (TPSA) is 61.5 Å². The quantitative estimate of drug-likeness (QED) is 0.565. The standard InChI is InChI=1S/C4H6ClN3O/c1-2(5)3-6-4(9)8-7-3/h2H,1H3,(H2,6,7,8,9). The van der Waals surface area contributed by atoms with Gasteiger partial charge < -0.3 is 0 Å². The van der Waals surface area contributed by atoms with Crippen LogP contribution in [0.15, 0.2) is 4.79 Å². The summed E-state index contributed by atoms with van der Waals surface area (Å²) in [6, 6.07) is 0. The van der Waals surface area contributed by atoms with Crippen molar-refractivity contribution in [1.82, 2.24) is 15.2 Å². The van der Waals surface area contributed by atoms with E-state index in [9.17, 15) is 4.79 Å². The lowest BCUT2D eigenvalue weighted by molar-refractivity contribution is 0.918. The van der Waals surface area contributed by atoms with Gasteiger partial charge in [0.05, 0.1) is 5.38 Å². The first-order valence-corrected chi connectivity index (χ1v) is 2.92. The number of aromatic nitrogens is 3. The van der Waals surface area contributed by atoms with Crippen LogP contribution in [0.2, 0.25) is 0 Å². The Bertz CT molecular complexity index is 238. The average Bonchev–Trinajstić information content (AvgIpc) is 2.14. The molecule has 1 rings (SSSR count). The van der Waals surface area contributed by atoms with E-state index in [4.69, 9.17) is 11.6 Å². The molecule has 1 aromatic rings. The number of aromatic amines is 2. The minimum Gasteiger partial charge on any atom is -0.292 e. The van der Waals surface area contributed by atoms with Crippen LogP contribution in [0.4, 0.5) is 0 Å². The van der Waals surface area contributed by atoms with Crippen molar-refractivity contribution in [3.8, 4) is 0 Å². The van der Waals surface area contributed by atoms with Gasteiger partial charge in [-0.15, -0.1) is 11.6 Å². The zero-order valence-corrected chi connectivity index (χ0v) is 5.57. The summed E-state index contributed by atoms with van der Waals surface area (Å²) in [7, 11) is 0. The monoisotopic (exact) mass is 147 g/mol. The van der Waals surface area contributed by atoms with Crippen LogP contribution in [0.25, 0.3) is 0 Å². The van der Waals surface area contributed by atoms with Gasteiger partial charge >= 0.3 is 5.69 Å². The van der Waals surface area contributed by atoms with Crippen molar-refractivity contribution in [2.75, 3.05) is 0 Å². The van der Waals surface area contributed by atoms with Gasteiger partial charge in [0.1, 0.15) is 5.82 Å². The number of halogens is 1. The average molecular weight is 148 g/mol. The molecule has 0 aliphatic carbocycles. The van der Waals surface area contributed by atoms with E-state index in [-0.39, 0.29) is 11.1 Å². The second-order valence-electron chi connectivity index (χ2n) is 1.68. The Morgan fingerprint density at radius 3 is 2.67 bits per heavy atom. The van der Waals surface area contributed by atoms with Gasteiger partial charge in [-0.2, -0.15) is 5.10 Å². The maximum absolute atomic E-state index is 10.4. The van der Waals surface area contributed by atoms with Gasteiger partial charge in [0.25, 0.3) is 0 Å². The van der Waals surface area contributed by atoms with E-state index in [0.29, 0.717) is 5.82 Å². The predicted octanol–water partition coefficient (Wildman–Crippen LogP) is 0.398. The van der Waals surface area contributed by atoms with Crippen molar-refractivity contribution >= 4 is 11.6 Å². The van der Waals surface area contributed by atoms with E-state index >= 15 is 0 Å². The summed E-state index contributed by atoms with van der Waals surface area (Å²) >= 11 is 5.56. The van der Waals surface area contributed by atoms with E-state index in [2.05, 4.69) is 15.2 Å². The zero-order chi connectivity index (χ0) is 6.85. The highest BCUT2D eigenvalue weighted by Gasteiger charge is 2.03. The fraction of sp³-hybridized carbons (Fsp3) is 0.500. The van der Waals surface area contributed by atoms with E-state index in [1.807, 2.05) is 0 Å². The molecule has 1 atom stereocenters. The molecule has 2 N–H and O–H groups in total. The molecule has 0 fully saturated rings. The van der Waals surface area contributed by atoms with Gasteiger partial charge in [-0.05, 0) is 6.92 Å². The molecule has 4 nitrogen and oxygen atoms in total. The summed E-state index contributed by atoms with van der Waals surface area (Å²) in [5.74, 6) is 0.474. The molecule has 0 amide bonds. The first-order chi connectivity index (χ1) is 4.20. The van der Waals surface area contributed by atoms with Crippen molar-refractivity contribution in [3.63, 3.8) is 0 Å². The van der Waals surface area contributed by atoms with Crippen molar-refractivity contribution in [1.29, 1.82) is 0 Å². The largest absolute Gasteiger partial charge is 0.340 e. The van der Waals surface area contributed by atoms with Crippen LogP contribution >= 0.6 is 11.6 Å². The third-order valence-corrected chi connectivity index (χ3v) is 1.10. The number of nitrogens with one attached hydrogen (secondary N) is 2. The Hall–Kier alpha value is -0.770. The van der Waals surface area contributed by atoms with Crippen LogP contribution in [0.3, 0.4) is 0 Å². The summed E-state index contributed by atoms with van der Waals surface area (Å²) < 4.78 is 0. The Labute approximate surface area is 56.2 Å². The van der Waals surface area contributed by atoms with Crippen molar-refractivity contribution in [2.24, 2.45) is 0 Å². The molecule has 1 aromatic heterocycles. The molecule has 1 unspecified atom stereocenters. The molecule has 0 saturated heterocycles. The molecule has 0 aliphatic rings. The molecule has 1 heterocycles. The second-order valence-corrected chi connectivity index (χ2v) is 2.33. The van der Waals surface area contributed by atoms with Crippen LogP contribution in [-0.2, 0) is 0 Å². The molecule has 0 spiro atoms. The number of hydrogen-bond donors (Lipinski definition) is 2. The van der Waals surface area contributed by atoms with Crippen molar-refractivity contribution in [2.45, 2.75) is 12.3 Å². The number of rotatable bonds is 1. The van der Waals surface area contributed by atoms with E-state index in [1.165, 1.54) is 0 Å². The third-order valence-electron chi connectivity index (χ3n) is 0.896. The Morgan fingerprint density at radius 1 is 1.78 bits per heavy atom. The van der Waals surface area contributed by atoms with E-state index in [1.54, 1.807) is 6.92 Å². The number of H-pyrrole nitrogens is 2. The molecular weight excluding hydrogens is 142 g/mol. The summed E-state index contributed by atoms with van der Waals surface area (Å²) in [5.41, 5.74) is -0.322. The lowest BCUT2D eigenvalue weighted by Crippen LogP contribution is -2.01. The fourth-order valence-corrected chi connectivity index (χ4v) is 0.575. The van der Waals surface area contributed by atoms with E-state index < -0.39 is 0 Å². The molecular formula is C4H6ClN3O. The number of hydrogen-bond acceptors (Lipinski definition) is 2. The highest BCUT2D eigenvalue weighted by atomic mass is 35.5. The Balaban J connectivity index is 2.98. The molecule has 9 heavy (non-hydrogen) atoms. The lowest BCUT2D eigenvalue weighted by atomic mass is 10.5. The molecule has 0 saturated carbocycles. The fourth-order valence-electron chi connectivity index (χ4n) is 0.472. The number of alkyl halides is 1. The summed E-state index contributed by atoms with van der Waals surface area (Å²) in [6.45, 7) is 1.73. The maximum Gasteiger partial charge on any atom is 0.340 e. The smallest absolute Gasteiger partial charge is 0.292 e. The van der Waals surface area contributed by atoms with Gasteiger partial charge in [-0.1, -0.05) is 0 Å². The van der Waals surface area contributed by atoms with Gasteiger partial charge in [0.2, 0.25) is 0 Å². The molecule has 0 radical (unpaired) electrons. The van der Waals surface area contributed by atoms with Gasteiger partial charge in [-0.3, -0.25) is 4.98 Å². The molecule has 0 bridgehead atoms. The molecule has 5 heteroatoms. The van der Waals surface area contributed by atoms with Crippen LogP contribution in [-0.4, -0.2) is 15.2 Å². The molecule has 0 aromatic carbocycles. The highest BCUT2D eigenvalue weighted by Crippen LogP contribution is 2.10. The Morgan fingerprint density at radius 2 is 2.44 bits per heavy atom. The minimum absolute atomic E-state index is 0.246. The first kappa shape index (κ1) is 6.35. The van der Waals surface area contributed by atoms with Gasteiger partial charge in [-0.25, -0.2) is 9.89 Å².